The maximum absolute atomic E-state index is 12.9. The third-order valence-electron chi connectivity index (χ3n) is 4.60. The molecule has 0 aliphatic rings. The highest BCUT2D eigenvalue weighted by Crippen LogP contribution is 2.19. The number of pyridine rings is 2. The van der Waals surface area contributed by atoms with Crippen LogP contribution in [0.5, 0.6) is 0 Å². The van der Waals surface area contributed by atoms with E-state index in [0.717, 1.165) is 0 Å². The molecule has 2 heterocycles. The van der Waals surface area contributed by atoms with Gasteiger partial charge in [0.25, 0.3) is 5.91 Å². The molecule has 3 rings (SSSR count). The lowest BCUT2D eigenvalue weighted by Gasteiger charge is -2.18. The first-order chi connectivity index (χ1) is 13.9. The minimum atomic E-state index is -3.72. The van der Waals surface area contributed by atoms with Gasteiger partial charge in [-0.25, -0.2) is 8.42 Å². The van der Waals surface area contributed by atoms with Gasteiger partial charge in [0, 0.05) is 36.4 Å². The molecule has 0 radical (unpaired) electrons. The number of benzene rings is 1. The number of carbonyl (C=O) groups excluding carboxylic acids is 1. The number of nitrogens with zero attached hydrogens (tertiary/aromatic N) is 2. The molecular formula is C20H22N4O4S. The lowest BCUT2D eigenvalue weighted by Crippen LogP contribution is -2.31. The second-order valence-corrected chi connectivity index (χ2v) is 8.27. The lowest BCUT2D eigenvalue weighted by atomic mass is 10.1. The molecule has 0 bridgehead atoms. The van der Waals surface area contributed by atoms with Crippen molar-refractivity contribution in [1.29, 1.82) is 0 Å². The van der Waals surface area contributed by atoms with E-state index in [-0.39, 0.29) is 22.4 Å². The largest absolute Gasteiger partial charge is 0.360 e. The van der Waals surface area contributed by atoms with Gasteiger partial charge in [0.15, 0.2) is 0 Å². The smallest absolute Gasteiger partial charge is 0.257 e. The van der Waals surface area contributed by atoms with Crippen LogP contribution in [0.25, 0.3) is 10.9 Å². The van der Waals surface area contributed by atoms with Crippen LogP contribution in [0.15, 0.2) is 58.5 Å². The zero-order valence-corrected chi connectivity index (χ0v) is 17.0. The van der Waals surface area contributed by atoms with Crippen LogP contribution in [0.1, 0.15) is 29.9 Å². The monoisotopic (exact) mass is 414 g/mol. The van der Waals surface area contributed by atoms with E-state index in [2.05, 4.69) is 15.3 Å². The molecule has 2 aromatic heterocycles. The van der Waals surface area contributed by atoms with Gasteiger partial charge in [-0.1, -0.05) is 19.9 Å². The number of aromatic nitrogens is 2. The third-order valence-corrected chi connectivity index (χ3v) is 6.64. The van der Waals surface area contributed by atoms with Gasteiger partial charge >= 0.3 is 0 Å². The topological polar surface area (TPSA) is 112 Å². The van der Waals surface area contributed by atoms with E-state index in [1.165, 1.54) is 28.7 Å². The molecule has 152 valence electrons. The number of amides is 1. The predicted octanol–water partition coefficient (Wildman–Crippen LogP) is 1.88. The van der Waals surface area contributed by atoms with Crippen LogP contribution >= 0.6 is 0 Å². The molecule has 1 amide bonds. The summed E-state index contributed by atoms with van der Waals surface area (Å²) in [5, 5.41) is 2.80. The van der Waals surface area contributed by atoms with E-state index in [1.54, 1.807) is 38.2 Å². The highest BCUT2D eigenvalue weighted by molar-refractivity contribution is 7.89. The molecule has 3 aromatic rings. The Morgan fingerprint density at radius 1 is 1.17 bits per heavy atom. The molecule has 9 heteroatoms. The van der Waals surface area contributed by atoms with Crippen LogP contribution in [0.2, 0.25) is 0 Å². The number of rotatable bonds is 7. The summed E-state index contributed by atoms with van der Waals surface area (Å²) in [4.78, 5) is 32.4. The van der Waals surface area contributed by atoms with Gasteiger partial charge in [0.05, 0.1) is 17.1 Å². The molecule has 0 saturated heterocycles. The van der Waals surface area contributed by atoms with Crippen molar-refractivity contribution in [2.45, 2.75) is 25.3 Å². The first-order valence-corrected chi connectivity index (χ1v) is 10.7. The van der Waals surface area contributed by atoms with Gasteiger partial charge < -0.3 is 10.3 Å². The molecule has 0 spiro atoms. The lowest BCUT2D eigenvalue weighted by molar-refractivity contribution is 0.0949. The SMILES string of the molecule is CCN(CC)S(=O)(=O)c1ccc2[nH]cc(C(=O)NCc3ccccn3)c(=O)c2c1. The standard InChI is InChI=1S/C20H22N4O4S/c1-3-24(4-2)29(27,28)15-8-9-18-16(11-15)19(25)17(13-22-18)20(26)23-12-14-7-5-6-10-21-14/h5-11,13H,3-4,12H2,1-2H3,(H,22,25)(H,23,26). The Morgan fingerprint density at radius 3 is 2.59 bits per heavy atom. The summed E-state index contributed by atoms with van der Waals surface area (Å²) in [6.07, 6.45) is 2.94. The Bertz CT molecular complexity index is 1190. The molecule has 0 atom stereocenters. The van der Waals surface area contributed by atoms with E-state index in [1.807, 2.05) is 0 Å². The molecule has 29 heavy (non-hydrogen) atoms. The summed E-state index contributed by atoms with van der Waals surface area (Å²) in [6, 6.07) is 9.63. The van der Waals surface area contributed by atoms with Crippen molar-refractivity contribution in [2.24, 2.45) is 0 Å². The Hall–Kier alpha value is -3.04. The fourth-order valence-corrected chi connectivity index (χ4v) is 4.49. The minimum absolute atomic E-state index is 0.0187. The summed E-state index contributed by atoms with van der Waals surface area (Å²) in [6.45, 7) is 4.32. The third kappa shape index (κ3) is 4.20. The molecular weight excluding hydrogens is 392 g/mol. The van der Waals surface area contributed by atoms with Crippen LogP contribution in [0, 0.1) is 0 Å². The first kappa shape index (κ1) is 20.7. The van der Waals surface area contributed by atoms with Gasteiger partial charge in [-0.2, -0.15) is 4.31 Å². The van der Waals surface area contributed by atoms with E-state index in [4.69, 9.17) is 0 Å². The summed E-state index contributed by atoms with van der Waals surface area (Å²) in [5.41, 5.74) is 0.486. The number of hydrogen-bond acceptors (Lipinski definition) is 5. The van der Waals surface area contributed by atoms with Crippen molar-refractivity contribution in [3.05, 3.63) is 70.3 Å². The summed E-state index contributed by atoms with van der Waals surface area (Å²) >= 11 is 0. The van der Waals surface area contributed by atoms with Gasteiger partial charge in [-0.3, -0.25) is 14.6 Å². The number of carbonyl (C=O) groups is 1. The zero-order valence-electron chi connectivity index (χ0n) is 16.2. The van der Waals surface area contributed by atoms with Crippen molar-refractivity contribution in [3.63, 3.8) is 0 Å². The molecule has 2 N–H and O–H groups in total. The van der Waals surface area contributed by atoms with Crippen LogP contribution in [0.4, 0.5) is 0 Å². The van der Waals surface area contributed by atoms with Crippen LogP contribution in [-0.2, 0) is 16.6 Å². The maximum atomic E-state index is 12.9. The molecule has 0 unspecified atom stereocenters. The van der Waals surface area contributed by atoms with Gasteiger partial charge in [-0.05, 0) is 30.3 Å². The van der Waals surface area contributed by atoms with Crippen molar-refractivity contribution in [1.82, 2.24) is 19.6 Å². The van der Waals surface area contributed by atoms with E-state index >= 15 is 0 Å². The number of fused-ring (bicyclic) bond motifs is 1. The van der Waals surface area contributed by atoms with Gasteiger partial charge in [-0.15, -0.1) is 0 Å². The number of H-pyrrole nitrogens is 1. The summed E-state index contributed by atoms with van der Waals surface area (Å²) in [7, 11) is -3.72. The van der Waals surface area contributed by atoms with Crippen LogP contribution < -0.4 is 10.7 Å². The summed E-state index contributed by atoms with van der Waals surface area (Å²) < 4.78 is 26.8. The highest BCUT2D eigenvalue weighted by Gasteiger charge is 2.23. The Balaban J connectivity index is 1.96. The van der Waals surface area contributed by atoms with Crippen LogP contribution in [-0.4, -0.2) is 41.7 Å². The van der Waals surface area contributed by atoms with Crippen LogP contribution in [0.3, 0.4) is 0 Å². The van der Waals surface area contributed by atoms with E-state index in [0.29, 0.717) is 24.3 Å². The maximum Gasteiger partial charge on any atom is 0.257 e. The number of hydrogen-bond donors (Lipinski definition) is 2. The second kappa shape index (κ2) is 8.54. The Kier molecular flexibility index (Phi) is 6.09. The van der Waals surface area contributed by atoms with E-state index in [9.17, 15) is 18.0 Å². The second-order valence-electron chi connectivity index (χ2n) is 6.33. The van der Waals surface area contributed by atoms with Gasteiger partial charge in [0.1, 0.15) is 5.56 Å². The fraction of sp³-hybridized carbons (Fsp3) is 0.250. The fourth-order valence-electron chi connectivity index (χ4n) is 3.01. The number of aromatic amines is 1. The van der Waals surface area contributed by atoms with E-state index < -0.39 is 21.4 Å². The first-order valence-electron chi connectivity index (χ1n) is 9.22. The average Bonchev–Trinajstić information content (AvgIpc) is 2.73. The Morgan fingerprint density at radius 2 is 1.93 bits per heavy atom. The summed E-state index contributed by atoms with van der Waals surface area (Å²) in [5.74, 6) is -0.559. The average molecular weight is 414 g/mol. The normalized spacial score (nSPS) is 11.7. The number of nitrogens with one attached hydrogen (secondary N) is 2. The number of sulfonamides is 1. The Labute approximate surface area is 168 Å². The quantitative estimate of drug-likeness (QED) is 0.613. The molecule has 0 aliphatic carbocycles. The van der Waals surface area contributed by atoms with Gasteiger partial charge in [0.2, 0.25) is 15.5 Å². The molecule has 0 saturated carbocycles. The zero-order chi connectivity index (χ0) is 21.0. The molecule has 1 aromatic carbocycles. The molecule has 0 aliphatic heterocycles. The minimum Gasteiger partial charge on any atom is -0.360 e. The predicted molar refractivity (Wildman–Crippen MR) is 110 cm³/mol. The van der Waals surface area contributed by atoms with Crippen molar-refractivity contribution in [2.75, 3.05) is 13.1 Å². The molecule has 8 nitrogen and oxygen atoms in total. The van der Waals surface area contributed by atoms with Crippen molar-refractivity contribution in [3.8, 4) is 0 Å². The van der Waals surface area contributed by atoms with Crippen molar-refractivity contribution >= 4 is 26.8 Å². The highest BCUT2D eigenvalue weighted by atomic mass is 32.2. The molecule has 0 fully saturated rings. The van der Waals surface area contributed by atoms with Crippen molar-refractivity contribution < 1.29 is 13.2 Å².